The molecule has 1 unspecified atom stereocenters. The van der Waals surface area contributed by atoms with Crippen molar-refractivity contribution in [3.05, 3.63) is 22.8 Å². The molecule has 20 heavy (non-hydrogen) atoms. The molecule has 1 aromatic heterocycles. The number of carbonyl (C=O) groups excluding carboxylic acids is 1. The van der Waals surface area contributed by atoms with Gasteiger partial charge in [-0.05, 0) is 18.7 Å². The Balaban J connectivity index is 1.88. The molecule has 0 aliphatic carbocycles. The highest BCUT2D eigenvalue weighted by atomic mass is 35.5. The number of morpholine rings is 1. The van der Waals surface area contributed by atoms with Crippen LogP contribution in [0.5, 0.6) is 0 Å². The minimum atomic E-state index is -0.224. The Bertz CT molecular complexity index is 463. The molecule has 0 spiro atoms. The number of nitrogen functional groups attached to an aromatic ring is 1. The fourth-order valence-corrected chi connectivity index (χ4v) is 2.36. The Kier molecular flexibility index (Phi) is 5.17. The second-order valence-corrected chi connectivity index (χ2v) is 5.09. The van der Waals surface area contributed by atoms with Crippen molar-refractivity contribution < 1.29 is 9.53 Å². The summed E-state index contributed by atoms with van der Waals surface area (Å²) < 4.78 is 5.62. The number of nitrogens with one attached hydrogen (secondary N) is 1. The third kappa shape index (κ3) is 4.06. The second kappa shape index (κ2) is 6.88. The number of ether oxygens (including phenoxy) is 1. The molecule has 2 rings (SSSR count). The monoisotopic (exact) mass is 298 g/mol. The van der Waals surface area contributed by atoms with E-state index in [-0.39, 0.29) is 23.0 Å². The fourth-order valence-electron chi connectivity index (χ4n) is 2.15. The summed E-state index contributed by atoms with van der Waals surface area (Å²) in [5.41, 5.74) is 5.97. The second-order valence-electron chi connectivity index (χ2n) is 4.70. The zero-order valence-corrected chi connectivity index (χ0v) is 12.2. The van der Waals surface area contributed by atoms with E-state index in [1.165, 1.54) is 12.1 Å². The van der Waals surface area contributed by atoms with Crippen molar-refractivity contribution in [1.82, 2.24) is 15.2 Å². The standard InChI is InChI=1S/C13H19ClN4O2/c1-2-18-3-4-20-10(8-18)7-16-13(19)9-5-11(14)17-12(15)6-9/h5-6,10H,2-4,7-8H2,1H3,(H2,15,17)(H,16,19). The van der Waals surface area contributed by atoms with Crippen molar-refractivity contribution in [1.29, 1.82) is 0 Å². The van der Waals surface area contributed by atoms with E-state index in [9.17, 15) is 4.79 Å². The summed E-state index contributed by atoms with van der Waals surface area (Å²) in [4.78, 5) is 18.1. The lowest BCUT2D eigenvalue weighted by atomic mass is 10.2. The van der Waals surface area contributed by atoms with Gasteiger partial charge >= 0.3 is 0 Å². The predicted octanol–water partition coefficient (Wildman–Crippen LogP) is 0.768. The summed E-state index contributed by atoms with van der Waals surface area (Å²) in [6.45, 7) is 6.04. The Hall–Kier alpha value is -1.37. The van der Waals surface area contributed by atoms with Crippen LogP contribution in [0.2, 0.25) is 5.15 Å². The topological polar surface area (TPSA) is 80.5 Å². The molecule has 7 heteroatoms. The van der Waals surface area contributed by atoms with E-state index in [0.29, 0.717) is 18.7 Å². The highest BCUT2D eigenvalue weighted by molar-refractivity contribution is 6.29. The number of halogens is 1. The lowest BCUT2D eigenvalue weighted by Gasteiger charge is -2.32. The van der Waals surface area contributed by atoms with Gasteiger partial charge in [0.05, 0.1) is 12.7 Å². The summed E-state index contributed by atoms with van der Waals surface area (Å²) in [5, 5.41) is 3.04. The van der Waals surface area contributed by atoms with Gasteiger partial charge in [0, 0.05) is 25.2 Å². The first kappa shape index (κ1) is 15.0. The number of likely N-dealkylation sites (N-methyl/N-ethyl adjacent to an activating group) is 1. The van der Waals surface area contributed by atoms with Crippen molar-refractivity contribution in [3.8, 4) is 0 Å². The van der Waals surface area contributed by atoms with Gasteiger partial charge in [0.25, 0.3) is 5.91 Å². The van der Waals surface area contributed by atoms with Gasteiger partial charge in [-0.1, -0.05) is 18.5 Å². The van der Waals surface area contributed by atoms with Gasteiger partial charge in [0.15, 0.2) is 0 Å². The predicted molar refractivity (Wildman–Crippen MR) is 77.8 cm³/mol. The summed E-state index contributed by atoms with van der Waals surface area (Å²) in [7, 11) is 0. The van der Waals surface area contributed by atoms with Crippen molar-refractivity contribution in [2.45, 2.75) is 13.0 Å². The van der Waals surface area contributed by atoms with Crippen LogP contribution in [0.1, 0.15) is 17.3 Å². The van der Waals surface area contributed by atoms with Crippen LogP contribution < -0.4 is 11.1 Å². The number of hydrogen-bond donors (Lipinski definition) is 2. The number of aromatic nitrogens is 1. The first-order valence-corrected chi connectivity index (χ1v) is 7.01. The van der Waals surface area contributed by atoms with Crippen molar-refractivity contribution in [3.63, 3.8) is 0 Å². The molecule has 110 valence electrons. The van der Waals surface area contributed by atoms with Crippen molar-refractivity contribution in [2.75, 3.05) is 38.5 Å². The largest absolute Gasteiger partial charge is 0.384 e. The third-order valence-corrected chi connectivity index (χ3v) is 3.43. The minimum absolute atomic E-state index is 0.0160. The van der Waals surface area contributed by atoms with Gasteiger partial charge in [-0.15, -0.1) is 0 Å². The van der Waals surface area contributed by atoms with E-state index in [1.54, 1.807) is 0 Å². The van der Waals surface area contributed by atoms with Crippen LogP contribution in [0.15, 0.2) is 12.1 Å². The van der Waals surface area contributed by atoms with E-state index in [2.05, 4.69) is 22.1 Å². The van der Waals surface area contributed by atoms with E-state index < -0.39 is 0 Å². The third-order valence-electron chi connectivity index (χ3n) is 3.24. The average Bonchev–Trinajstić information content (AvgIpc) is 2.44. The molecule has 2 heterocycles. The number of hydrogen-bond acceptors (Lipinski definition) is 5. The number of pyridine rings is 1. The van der Waals surface area contributed by atoms with Crippen molar-refractivity contribution >= 4 is 23.3 Å². The Morgan fingerprint density at radius 2 is 2.45 bits per heavy atom. The molecule has 0 saturated carbocycles. The Labute approximate surface area is 123 Å². The van der Waals surface area contributed by atoms with E-state index in [4.69, 9.17) is 22.1 Å². The zero-order valence-electron chi connectivity index (χ0n) is 11.4. The first-order valence-electron chi connectivity index (χ1n) is 6.63. The van der Waals surface area contributed by atoms with Crippen LogP contribution in [0.3, 0.4) is 0 Å². The lowest BCUT2D eigenvalue weighted by molar-refractivity contribution is -0.0246. The molecular weight excluding hydrogens is 280 g/mol. The number of amides is 1. The van der Waals surface area contributed by atoms with E-state index in [0.717, 1.165) is 19.6 Å². The zero-order chi connectivity index (χ0) is 14.5. The molecular formula is C13H19ClN4O2. The normalized spacial score (nSPS) is 19.8. The maximum Gasteiger partial charge on any atom is 0.251 e. The van der Waals surface area contributed by atoms with Gasteiger partial charge < -0.3 is 15.8 Å². The van der Waals surface area contributed by atoms with Gasteiger partial charge in [-0.2, -0.15) is 0 Å². The van der Waals surface area contributed by atoms with E-state index in [1.807, 2.05) is 0 Å². The molecule has 1 aromatic rings. The molecule has 1 atom stereocenters. The van der Waals surface area contributed by atoms with Crippen LogP contribution in [0.4, 0.5) is 5.82 Å². The average molecular weight is 299 g/mol. The molecule has 1 fully saturated rings. The van der Waals surface area contributed by atoms with Gasteiger partial charge in [0.2, 0.25) is 0 Å². The van der Waals surface area contributed by atoms with Gasteiger partial charge in [0.1, 0.15) is 11.0 Å². The summed E-state index contributed by atoms with van der Waals surface area (Å²) in [6.07, 6.45) is 0.0160. The fraction of sp³-hybridized carbons (Fsp3) is 0.538. The van der Waals surface area contributed by atoms with Gasteiger partial charge in [-0.25, -0.2) is 4.98 Å². The molecule has 6 nitrogen and oxygen atoms in total. The highest BCUT2D eigenvalue weighted by Gasteiger charge is 2.20. The van der Waals surface area contributed by atoms with Crippen LogP contribution in [-0.2, 0) is 4.74 Å². The highest BCUT2D eigenvalue weighted by Crippen LogP contribution is 2.12. The maximum atomic E-state index is 12.0. The van der Waals surface area contributed by atoms with Crippen LogP contribution in [0, 0.1) is 0 Å². The van der Waals surface area contributed by atoms with Gasteiger partial charge in [-0.3, -0.25) is 9.69 Å². The van der Waals surface area contributed by atoms with Crippen LogP contribution in [0.25, 0.3) is 0 Å². The number of carbonyl (C=O) groups is 1. The molecule has 0 aromatic carbocycles. The molecule has 3 N–H and O–H groups in total. The lowest BCUT2D eigenvalue weighted by Crippen LogP contribution is -2.47. The summed E-state index contributed by atoms with van der Waals surface area (Å²) >= 11 is 5.78. The number of anilines is 1. The smallest absolute Gasteiger partial charge is 0.251 e. The molecule has 0 bridgehead atoms. The molecule has 1 aliphatic rings. The molecule has 1 saturated heterocycles. The molecule has 1 aliphatic heterocycles. The Morgan fingerprint density at radius 3 is 3.15 bits per heavy atom. The summed E-state index contributed by atoms with van der Waals surface area (Å²) in [6, 6.07) is 2.99. The molecule has 0 radical (unpaired) electrons. The Morgan fingerprint density at radius 1 is 1.65 bits per heavy atom. The number of nitrogens with two attached hydrogens (primary N) is 1. The van der Waals surface area contributed by atoms with Crippen molar-refractivity contribution in [2.24, 2.45) is 0 Å². The quantitative estimate of drug-likeness (QED) is 0.803. The molecule has 1 amide bonds. The maximum absolute atomic E-state index is 12.0. The van der Waals surface area contributed by atoms with Crippen LogP contribution in [-0.4, -0.2) is 54.7 Å². The summed E-state index contributed by atoms with van der Waals surface area (Å²) in [5.74, 6) is 0.00643. The SMILES string of the molecule is CCN1CCOC(CNC(=O)c2cc(N)nc(Cl)c2)C1. The van der Waals surface area contributed by atoms with E-state index >= 15 is 0 Å². The van der Waals surface area contributed by atoms with Crippen LogP contribution >= 0.6 is 11.6 Å². The minimum Gasteiger partial charge on any atom is -0.384 e. The number of nitrogens with zero attached hydrogens (tertiary/aromatic N) is 2. The first-order chi connectivity index (χ1) is 9.58. The number of rotatable bonds is 4.